The number of aromatic nitrogens is 2. The standard InChI is InChI=1S/C24H32N6O2/c1-2-3-17-8-10-30(11-9-17)24-27-15-21(16-28-24)29-20-6-4-18(5-7-20)13-26-23(32)19-12-22(31)25-14-19/h4-7,15-17,19,29H,2-3,8-14H2,1H3,(H,25,31)(H,26,32). The largest absolute Gasteiger partial charge is 0.355 e. The molecule has 8 nitrogen and oxygen atoms in total. The quantitative estimate of drug-likeness (QED) is 0.588. The minimum absolute atomic E-state index is 0.0610. The number of amides is 2. The Balaban J connectivity index is 1.24. The van der Waals surface area contributed by atoms with Crippen molar-refractivity contribution in [3.05, 3.63) is 42.2 Å². The molecular formula is C24H32N6O2. The molecule has 0 radical (unpaired) electrons. The van der Waals surface area contributed by atoms with Gasteiger partial charge in [-0.3, -0.25) is 9.59 Å². The van der Waals surface area contributed by atoms with Gasteiger partial charge in [0.25, 0.3) is 0 Å². The van der Waals surface area contributed by atoms with Crippen LogP contribution in [0.5, 0.6) is 0 Å². The summed E-state index contributed by atoms with van der Waals surface area (Å²) >= 11 is 0. The van der Waals surface area contributed by atoms with E-state index >= 15 is 0 Å². The van der Waals surface area contributed by atoms with Crippen LogP contribution in [0, 0.1) is 11.8 Å². The molecule has 3 heterocycles. The summed E-state index contributed by atoms with van der Waals surface area (Å²) in [5.41, 5.74) is 2.77. The zero-order valence-electron chi connectivity index (χ0n) is 18.6. The van der Waals surface area contributed by atoms with Crippen molar-refractivity contribution >= 4 is 29.1 Å². The summed E-state index contributed by atoms with van der Waals surface area (Å²) in [6.07, 6.45) is 8.95. The van der Waals surface area contributed by atoms with Crippen LogP contribution in [0.4, 0.5) is 17.3 Å². The molecule has 0 saturated carbocycles. The Labute approximate surface area is 189 Å². The van der Waals surface area contributed by atoms with Crippen LogP contribution in [0.3, 0.4) is 0 Å². The van der Waals surface area contributed by atoms with Crippen molar-refractivity contribution in [1.29, 1.82) is 0 Å². The van der Waals surface area contributed by atoms with Crippen molar-refractivity contribution in [3.63, 3.8) is 0 Å². The summed E-state index contributed by atoms with van der Waals surface area (Å²) in [6.45, 7) is 5.18. The predicted octanol–water partition coefficient (Wildman–Crippen LogP) is 2.99. The minimum atomic E-state index is -0.269. The van der Waals surface area contributed by atoms with E-state index in [1.165, 1.54) is 25.7 Å². The first-order valence-corrected chi connectivity index (χ1v) is 11.6. The van der Waals surface area contributed by atoms with Crippen LogP contribution >= 0.6 is 0 Å². The number of rotatable bonds is 8. The molecule has 32 heavy (non-hydrogen) atoms. The second-order valence-corrected chi connectivity index (χ2v) is 8.74. The number of nitrogens with one attached hydrogen (secondary N) is 3. The van der Waals surface area contributed by atoms with Gasteiger partial charge in [-0.1, -0.05) is 31.9 Å². The van der Waals surface area contributed by atoms with E-state index in [2.05, 4.69) is 37.7 Å². The molecule has 2 saturated heterocycles. The lowest BCUT2D eigenvalue weighted by atomic mass is 9.93. The molecule has 8 heteroatoms. The van der Waals surface area contributed by atoms with E-state index in [0.717, 1.165) is 41.9 Å². The Morgan fingerprint density at radius 2 is 1.84 bits per heavy atom. The summed E-state index contributed by atoms with van der Waals surface area (Å²) in [5.74, 6) is 1.23. The van der Waals surface area contributed by atoms with Crippen LogP contribution in [-0.2, 0) is 16.1 Å². The molecule has 2 aliphatic rings. The number of piperidine rings is 1. The number of anilines is 3. The molecule has 170 valence electrons. The number of hydrogen-bond acceptors (Lipinski definition) is 6. The Bertz CT molecular complexity index is 907. The fourth-order valence-electron chi connectivity index (χ4n) is 4.38. The topological polar surface area (TPSA) is 99.3 Å². The number of nitrogens with zero attached hydrogens (tertiary/aromatic N) is 3. The third-order valence-corrected chi connectivity index (χ3v) is 6.29. The predicted molar refractivity (Wildman–Crippen MR) is 125 cm³/mol. The number of hydrogen-bond donors (Lipinski definition) is 3. The van der Waals surface area contributed by atoms with Gasteiger partial charge in [-0.05, 0) is 36.5 Å². The summed E-state index contributed by atoms with van der Waals surface area (Å²) in [7, 11) is 0. The van der Waals surface area contributed by atoms with Crippen LogP contribution < -0.4 is 20.9 Å². The van der Waals surface area contributed by atoms with E-state index in [-0.39, 0.29) is 24.2 Å². The molecule has 2 aliphatic heterocycles. The second kappa shape index (κ2) is 10.4. The zero-order chi connectivity index (χ0) is 22.3. The SMILES string of the molecule is CCCC1CCN(c2ncc(Nc3ccc(CNC(=O)C4CNC(=O)C4)cc3)cn2)CC1. The van der Waals surface area contributed by atoms with Gasteiger partial charge in [0.15, 0.2) is 0 Å². The molecule has 0 aliphatic carbocycles. The first-order valence-electron chi connectivity index (χ1n) is 11.6. The Morgan fingerprint density at radius 3 is 2.47 bits per heavy atom. The molecule has 2 amide bonds. The van der Waals surface area contributed by atoms with E-state index in [9.17, 15) is 9.59 Å². The van der Waals surface area contributed by atoms with Crippen LogP contribution in [0.25, 0.3) is 0 Å². The Kier molecular flexibility index (Phi) is 7.19. The molecule has 2 fully saturated rings. The van der Waals surface area contributed by atoms with E-state index in [0.29, 0.717) is 13.1 Å². The van der Waals surface area contributed by atoms with Gasteiger partial charge in [-0.25, -0.2) is 9.97 Å². The van der Waals surface area contributed by atoms with E-state index in [1.807, 2.05) is 36.7 Å². The monoisotopic (exact) mass is 436 g/mol. The lowest BCUT2D eigenvalue weighted by Crippen LogP contribution is -2.34. The first-order chi connectivity index (χ1) is 15.6. The van der Waals surface area contributed by atoms with Gasteiger partial charge in [0.1, 0.15) is 0 Å². The maximum Gasteiger partial charge on any atom is 0.225 e. The van der Waals surface area contributed by atoms with Gasteiger partial charge < -0.3 is 20.9 Å². The first kappa shape index (κ1) is 22.0. The van der Waals surface area contributed by atoms with Gasteiger partial charge in [-0.2, -0.15) is 0 Å². The van der Waals surface area contributed by atoms with Crippen molar-refractivity contribution in [3.8, 4) is 0 Å². The number of carbonyl (C=O) groups is 2. The summed E-state index contributed by atoms with van der Waals surface area (Å²) in [5, 5.41) is 8.91. The molecule has 0 spiro atoms. The molecule has 1 unspecified atom stereocenters. The average molecular weight is 437 g/mol. The summed E-state index contributed by atoms with van der Waals surface area (Å²) < 4.78 is 0. The van der Waals surface area contributed by atoms with E-state index in [1.54, 1.807) is 0 Å². The third-order valence-electron chi connectivity index (χ3n) is 6.29. The molecule has 1 aromatic carbocycles. The Hall–Kier alpha value is -3.16. The smallest absolute Gasteiger partial charge is 0.225 e. The maximum absolute atomic E-state index is 12.1. The van der Waals surface area contributed by atoms with Crippen LogP contribution in [0.15, 0.2) is 36.7 Å². The molecule has 2 aromatic rings. The normalized spacial score (nSPS) is 19.0. The highest BCUT2D eigenvalue weighted by atomic mass is 16.2. The van der Waals surface area contributed by atoms with E-state index < -0.39 is 0 Å². The zero-order valence-corrected chi connectivity index (χ0v) is 18.6. The van der Waals surface area contributed by atoms with Crippen LogP contribution in [0.1, 0.15) is 44.6 Å². The fourth-order valence-corrected chi connectivity index (χ4v) is 4.38. The van der Waals surface area contributed by atoms with Gasteiger partial charge in [0, 0.05) is 38.3 Å². The highest BCUT2D eigenvalue weighted by Gasteiger charge is 2.27. The van der Waals surface area contributed by atoms with Crippen molar-refractivity contribution in [2.45, 2.75) is 45.6 Å². The summed E-state index contributed by atoms with van der Waals surface area (Å²) in [6, 6.07) is 7.87. The molecule has 1 aromatic heterocycles. The van der Waals surface area contributed by atoms with Gasteiger partial charge in [-0.15, -0.1) is 0 Å². The molecular weight excluding hydrogens is 404 g/mol. The number of carbonyl (C=O) groups excluding carboxylic acids is 2. The fraction of sp³-hybridized carbons (Fsp3) is 0.500. The highest BCUT2D eigenvalue weighted by Crippen LogP contribution is 2.24. The van der Waals surface area contributed by atoms with E-state index in [4.69, 9.17) is 0 Å². The van der Waals surface area contributed by atoms with Gasteiger partial charge in [0.05, 0.1) is 24.0 Å². The maximum atomic E-state index is 12.1. The van der Waals surface area contributed by atoms with Gasteiger partial charge in [0.2, 0.25) is 17.8 Å². The summed E-state index contributed by atoms with van der Waals surface area (Å²) in [4.78, 5) is 34.8. The number of benzene rings is 1. The van der Waals surface area contributed by atoms with Crippen molar-refractivity contribution in [1.82, 2.24) is 20.6 Å². The van der Waals surface area contributed by atoms with Crippen LogP contribution in [-0.4, -0.2) is 41.4 Å². The van der Waals surface area contributed by atoms with Crippen molar-refractivity contribution < 1.29 is 9.59 Å². The molecule has 0 bridgehead atoms. The lowest BCUT2D eigenvalue weighted by molar-refractivity contribution is -0.126. The minimum Gasteiger partial charge on any atom is -0.355 e. The van der Waals surface area contributed by atoms with Crippen molar-refractivity contribution in [2.75, 3.05) is 29.9 Å². The third kappa shape index (κ3) is 5.75. The Morgan fingerprint density at radius 1 is 1.12 bits per heavy atom. The lowest BCUT2D eigenvalue weighted by Gasteiger charge is -2.31. The molecule has 4 rings (SSSR count). The van der Waals surface area contributed by atoms with Crippen molar-refractivity contribution in [2.24, 2.45) is 11.8 Å². The van der Waals surface area contributed by atoms with Gasteiger partial charge >= 0.3 is 0 Å². The average Bonchev–Trinajstić information content (AvgIpc) is 3.26. The van der Waals surface area contributed by atoms with Crippen LogP contribution in [0.2, 0.25) is 0 Å². The molecule has 3 N–H and O–H groups in total. The highest BCUT2D eigenvalue weighted by molar-refractivity contribution is 5.89. The second-order valence-electron chi connectivity index (χ2n) is 8.74. The molecule has 1 atom stereocenters.